The smallest absolute Gasteiger partial charge is 0.256 e. The van der Waals surface area contributed by atoms with Crippen molar-refractivity contribution in [2.45, 2.75) is 11.5 Å². The summed E-state index contributed by atoms with van der Waals surface area (Å²) in [6, 6.07) is 12.5. The zero-order chi connectivity index (χ0) is 19.0. The monoisotopic (exact) mass is 385 g/mol. The molecule has 0 spiro atoms. The fraction of sp³-hybridized carbons (Fsp3) is 0.158. The number of halogens is 1. The molecule has 0 fully saturated rings. The Morgan fingerprint density at radius 2 is 1.85 bits per heavy atom. The highest BCUT2D eigenvalue weighted by molar-refractivity contribution is 7.83. The molecule has 4 rings (SSSR count). The van der Waals surface area contributed by atoms with E-state index in [2.05, 4.69) is 10.4 Å². The molecule has 1 aromatic heterocycles. The minimum atomic E-state index is -1.03. The lowest BCUT2D eigenvalue weighted by Crippen LogP contribution is -2.16. The van der Waals surface area contributed by atoms with Crippen LogP contribution in [0.15, 0.2) is 48.5 Å². The van der Waals surface area contributed by atoms with Crippen molar-refractivity contribution in [3.05, 3.63) is 71.2 Å². The van der Waals surface area contributed by atoms with Gasteiger partial charge >= 0.3 is 0 Å². The van der Waals surface area contributed by atoms with Crippen LogP contribution in [-0.4, -0.2) is 27.0 Å². The van der Waals surface area contributed by atoms with Crippen LogP contribution in [0.4, 0.5) is 10.2 Å². The summed E-state index contributed by atoms with van der Waals surface area (Å²) in [6.07, 6.45) is 0. The number of hydrogen-bond donors (Lipinski definition) is 1. The van der Waals surface area contributed by atoms with Crippen LogP contribution in [0.5, 0.6) is 5.75 Å². The molecule has 0 aliphatic carbocycles. The maximum Gasteiger partial charge on any atom is 0.256 e. The van der Waals surface area contributed by atoms with Crippen molar-refractivity contribution in [2.75, 3.05) is 12.4 Å². The fourth-order valence-electron chi connectivity index (χ4n) is 2.95. The van der Waals surface area contributed by atoms with Crippen LogP contribution in [0.1, 0.15) is 21.6 Å². The quantitative estimate of drug-likeness (QED) is 0.749. The predicted molar refractivity (Wildman–Crippen MR) is 100 cm³/mol. The van der Waals surface area contributed by atoms with Crippen molar-refractivity contribution in [2.24, 2.45) is 0 Å². The number of aromatic nitrogens is 2. The van der Waals surface area contributed by atoms with Gasteiger partial charge in [-0.2, -0.15) is 5.10 Å². The Morgan fingerprint density at radius 1 is 1.15 bits per heavy atom. The number of hydrogen-bond acceptors (Lipinski definition) is 4. The number of methoxy groups -OCH3 is 1. The molecule has 0 bridgehead atoms. The number of benzene rings is 2. The second-order valence-corrected chi connectivity index (χ2v) is 7.53. The number of anilines is 1. The molecule has 1 amide bonds. The van der Waals surface area contributed by atoms with E-state index in [1.807, 2.05) is 12.1 Å². The normalized spacial score (nSPS) is 15.4. The van der Waals surface area contributed by atoms with E-state index in [1.54, 1.807) is 23.9 Å². The van der Waals surface area contributed by atoms with E-state index in [1.165, 1.54) is 24.3 Å². The van der Waals surface area contributed by atoms with Gasteiger partial charge in [0, 0.05) is 21.9 Å². The third-order valence-corrected chi connectivity index (χ3v) is 5.53. The molecule has 138 valence electrons. The second-order valence-electron chi connectivity index (χ2n) is 6.07. The number of rotatable bonds is 4. The third-order valence-electron chi connectivity index (χ3n) is 4.33. The SMILES string of the molecule is COc1ccc(-n2nc3c(c2NC(=O)c2ccc(F)cc2)C[S@](=O)C3)cc1. The van der Waals surface area contributed by atoms with E-state index < -0.39 is 16.6 Å². The molecule has 1 atom stereocenters. The first-order valence-electron chi connectivity index (χ1n) is 8.22. The summed E-state index contributed by atoms with van der Waals surface area (Å²) >= 11 is 0. The first-order valence-corrected chi connectivity index (χ1v) is 9.71. The van der Waals surface area contributed by atoms with E-state index in [0.717, 1.165) is 11.3 Å². The molecule has 1 N–H and O–H groups in total. The highest BCUT2D eigenvalue weighted by atomic mass is 32.2. The molecule has 2 aromatic carbocycles. The standard InChI is InChI=1S/C19H16FN3O3S/c1-26-15-8-6-14(7-9-15)23-18(16-10-27(25)11-17(16)22-23)21-19(24)12-2-4-13(20)5-3-12/h2-9H,10-11H2,1H3,(H,21,24)/t27-/m0/s1. The highest BCUT2D eigenvalue weighted by Gasteiger charge is 2.28. The van der Waals surface area contributed by atoms with Gasteiger partial charge in [0.1, 0.15) is 17.4 Å². The molecule has 0 saturated heterocycles. The van der Waals surface area contributed by atoms with Crippen LogP contribution < -0.4 is 10.1 Å². The van der Waals surface area contributed by atoms with Gasteiger partial charge < -0.3 is 10.1 Å². The molecule has 3 aromatic rings. The van der Waals surface area contributed by atoms with Crippen molar-refractivity contribution in [3.63, 3.8) is 0 Å². The van der Waals surface area contributed by atoms with Crippen molar-refractivity contribution < 1.29 is 18.1 Å². The molecule has 1 aliphatic heterocycles. The maximum atomic E-state index is 13.1. The molecule has 6 nitrogen and oxygen atoms in total. The van der Waals surface area contributed by atoms with Gasteiger partial charge in [-0.05, 0) is 48.5 Å². The van der Waals surface area contributed by atoms with Crippen molar-refractivity contribution in [1.29, 1.82) is 0 Å². The summed E-state index contributed by atoms with van der Waals surface area (Å²) in [5, 5.41) is 7.38. The Bertz CT molecular complexity index is 1030. The topological polar surface area (TPSA) is 73.2 Å². The summed E-state index contributed by atoms with van der Waals surface area (Å²) in [7, 11) is 0.557. The lowest BCUT2D eigenvalue weighted by Gasteiger charge is -2.11. The van der Waals surface area contributed by atoms with Crippen LogP contribution in [0.3, 0.4) is 0 Å². The Morgan fingerprint density at radius 3 is 2.52 bits per heavy atom. The van der Waals surface area contributed by atoms with E-state index in [4.69, 9.17) is 4.74 Å². The van der Waals surface area contributed by atoms with Crippen molar-refractivity contribution >= 4 is 22.5 Å². The summed E-state index contributed by atoms with van der Waals surface area (Å²) in [5.74, 6) is 1.09. The Hall–Kier alpha value is -3.00. The molecule has 0 saturated carbocycles. The van der Waals surface area contributed by atoms with Crippen LogP contribution >= 0.6 is 0 Å². The summed E-state index contributed by atoms with van der Waals surface area (Å²) in [5.41, 5.74) is 2.54. The number of nitrogens with zero attached hydrogens (tertiary/aromatic N) is 2. The van der Waals surface area contributed by atoms with E-state index >= 15 is 0 Å². The molecule has 8 heteroatoms. The van der Waals surface area contributed by atoms with Crippen molar-refractivity contribution in [1.82, 2.24) is 9.78 Å². The molecule has 1 aliphatic rings. The Kier molecular flexibility index (Phi) is 4.49. The van der Waals surface area contributed by atoms with Gasteiger partial charge in [-0.25, -0.2) is 9.07 Å². The number of fused-ring (bicyclic) bond motifs is 1. The molecular formula is C19H16FN3O3S. The second kappa shape index (κ2) is 6.96. The van der Waals surface area contributed by atoms with E-state index in [-0.39, 0.29) is 5.91 Å². The van der Waals surface area contributed by atoms with Crippen LogP contribution in [0.2, 0.25) is 0 Å². The molecule has 2 heterocycles. The summed E-state index contributed by atoms with van der Waals surface area (Å²) in [4.78, 5) is 12.6. The minimum Gasteiger partial charge on any atom is -0.497 e. The van der Waals surface area contributed by atoms with Crippen LogP contribution in [-0.2, 0) is 22.3 Å². The average molecular weight is 385 g/mol. The maximum absolute atomic E-state index is 13.1. The minimum absolute atomic E-state index is 0.326. The van der Waals surface area contributed by atoms with Gasteiger partial charge in [0.2, 0.25) is 0 Å². The van der Waals surface area contributed by atoms with E-state index in [0.29, 0.717) is 34.3 Å². The predicted octanol–water partition coefficient (Wildman–Crippen LogP) is 3.03. The lowest BCUT2D eigenvalue weighted by molar-refractivity contribution is 0.102. The van der Waals surface area contributed by atoms with Gasteiger partial charge in [-0.15, -0.1) is 0 Å². The number of nitrogens with one attached hydrogen (secondary N) is 1. The molecule has 0 radical (unpaired) electrons. The highest BCUT2D eigenvalue weighted by Crippen LogP contribution is 2.32. The first kappa shape index (κ1) is 17.4. The number of ether oxygens (including phenoxy) is 1. The fourth-order valence-corrected chi connectivity index (χ4v) is 4.21. The van der Waals surface area contributed by atoms with Gasteiger partial charge in [0.15, 0.2) is 0 Å². The number of amides is 1. The Labute approximate surface area is 157 Å². The Balaban J connectivity index is 1.72. The zero-order valence-corrected chi connectivity index (χ0v) is 15.3. The third kappa shape index (κ3) is 3.35. The molecule has 27 heavy (non-hydrogen) atoms. The van der Waals surface area contributed by atoms with Crippen LogP contribution in [0, 0.1) is 5.82 Å². The summed E-state index contributed by atoms with van der Waals surface area (Å²) < 4.78 is 31.8. The van der Waals surface area contributed by atoms with Gasteiger partial charge in [-0.3, -0.25) is 9.00 Å². The van der Waals surface area contributed by atoms with Crippen molar-refractivity contribution in [3.8, 4) is 11.4 Å². The zero-order valence-electron chi connectivity index (χ0n) is 14.4. The molecular weight excluding hydrogens is 369 g/mol. The average Bonchev–Trinajstić information content (AvgIpc) is 3.19. The van der Waals surface area contributed by atoms with E-state index in [9.17, 15) is 13.4 Å². The van der Waals surface area contributed by atoms with Gasteiger partial charge in [-0.1, -0.05) is 0 Å². The molecule has 0 unspecified atom stereocenters. The van der Waals surface area contributed by atoms with Gasteiger partial charge in [0.25, 0.3) is 5.91 Å². The largest absolute Gasteiger partial charge is 0.497 e. The number of carbonyl (C=O) groups is 1. The summed E-state index contributed by atoms with van der Waals surface area (Å²) in [6.45, 7) is 0. The van der Waals surface area contributed by atoms with Crippen LogP contribution in [0.25, 0.3) is 5.69 Å². The van der Waals surface area contributed by atoms with Gasteiger partial charge in [0.05, 0.1) is 30.0 Å². The lowest BCUT2D eigenvalue weighted by atomic mass is 10.2. The number of carbonyl (C=O) groups excluding carboxylic acids is 1. The first-order chi connectivity index (χ1) is 13.0.